The van der Waals surface area contributed by atoms with Crippen LogP contribution in [0.3, 0.4) is 0 Å². The first-order valence-electron chi connectivity index (χ1n) is 6.07. The second-order valence-electron chi connectivity index (χ2n) is 4.12. The van der Waals surface area contributed by atoms with Crippen molar-refractivity contribution in [1.82, 2.24) is 5.48 Å². The number of aryl methyl sites for hydroxylation is 1. The van der Waals surface area contributed by atoms with E-state index in [0.717, 1.165) is 10.6 Å². The van der Waals surface area contributed by atoms with Crippen LogP contribution in [0.2, 0.25) is 0 Å². The summed E-state index contributed by atoms with van der Waals surface area (Å²) in [7, 11) is 0. The molecular formula is C14H14N2O3S. The Balaban J connectivity index is 1.84. The summed E-state index contributed by atoms with van der Waals surface area (Å²) in [5.74, 6) is -0.604. The maximum atomic E-state index is 11.8. The molecule has 0 fully saturated rings. The van der Waals surface area contributed by atoms with E-state index >= 15 is 0 Å². The summed E-state index contributed by atoms with van der Waals surface area (Å²) in [5, 5.41) is 11.3. The number of hydrogen-bond donors (Lipinski definition) is 3. The first-order valence-corrected chi connectivity index (χ1v) is 6.89. The summed E-state index contributed by atoms with van der Waals surface area (Å²) in [6.07, 6.45) is 0.900. The normalized spacial score (nSPS) is 10.1. The predicted octanol–water partition coefficient (Wildman–Crippen LogP) is 2.44. The van der Waals surface area contributed by atoms with Gasteiger partial charge < -0.3 is 5.32 Å². The number of carbonyl (C=O) groups is 2. The molecule has 1 aromatic carbocycles. The highest BCUT2D eigenvalue weighted by Crippen LogP contribution is 2.18. The third kappa shape index (κ3) is 3.91. The summed E-state index contributed by atoms with van der Waals surface area (Å²) in [6, 6.07) is 12.7. The van der Waals surface area contributed by atoms with Gasteiger partial charge in [0.25, 0.3) is 5.91 Å². The van der Waals surface area contributed by atoms with Crippen LogP contribution in [0.5, 0.6) is 0 Å². The highest BCUT2D eigenvalue weighted by Gasteiger charge is 2.09. The SMILES string of the molecule is O=C(CCc1ccc(C(=O)NO)s1)Nc1ccccc1. The zero-order valence-corrected chi connectivity index (χ0v) is 11.4. The molecular weight excluding hydrogens is 276 g/mol. The Bertz CT molecular complexity index is 595. The van der Waals surface area contributed by atoms with Gasteiger partial charge in [-0.2, -0.15) is 0 Å². The van der Waals surface area contributed by atoms with Gasteiger partial charge in [-0.3, -0.25) is 14.8 Å². The van der Waals surface area contributed by atoms with E-state index in [9.17, 15) is 9.59 Å². The fraction of sp³-hybridized carbons (Fsp3) is 0.143. The van der Waals surface area contributed by atoms with Crippen LogP contribution >= 0.6 is 11.3 Å². The van der Waals surface area contributed by atoms with Crippen LogP contribution in [-0.4, -0.2) is 17.0 Å². The van der Waals surface area contributed by atoms with E-state index in [1.54, 1.807) is 17.6 Å². The molecule has 2 rings (SSSR count). The third-order valence-electron chi connectivity index (χ3n) is 2.64. The van der Waals surface area contributed by atoms with E-state index < -0.39 is 5.91 Å². The lowest BCUT2D eigenvalue weighted by atomic mass is 10.2. The van der Waals surface area contributed by atoms with Crippen molar-refractivity contribution in [2.24, 2.45) is 0 Å². The Hall–Kier alpha value is -2.18. The van der Waals surface area contributed by atoms with Gasteiger partial charge in [-0.05, 0) is 30.7 Å². The Kier molecular flexibility index (Phi) is 4.86. The van der Waals surface area contributed by atoms with E-state index in [1.165, 1.54) is 11.3 Å². The van der Waals surface area contributed by atoms with Gasteiger partial charge >= 0.3 is 0 Å². The molecule has 5 nitrogen and oxygen atoms in total. The minimum atomic E-state index is -0.532. The summed E-state index contributed by atoms with van der Waals surface area (Å²) < 4.78 is 0. The molecule has 0 aliphatic heterocycles. The van der Waals surface area contributed by atoms with Crippen molar-refractivity contribution >= 4 is 28.8 Å². The lowest BCUT2D eigenvalue weighted by Gasteiger charge is -2.03. The van der Waals surface area contributed by atoms with E-state index in [2.05, 4.69) is 5.32 Å². The van der Waals surface area contributed by atoms with Crippen molar-refractivity contribution in [3.05, 3.63) is 52.2 Å². The Morgan fingerprint density at radius 3 is 2.55 bits per heavy atom. The lowest BCUT2D eigenvalue weighted by molar-refractivity contribution is -0.116. The van der Waals surface area contributed by atoms with Crippen LogP contribution < -0.4 is 10.8 Å². The summed E-state index contributed by atoms with van der Waals surface area (Å²) in [4.78, 5) is 24.3. The molecule has 0 atom stereocenters. The standard InChI is InChI=1S/C14H14N2O3S/c17-13(15-10-4-2-1-3-5-10)9-7-11-6-8-12(20-11)14(18)16-19/h1-6,8,19H,7,9H2,(H,15,17)(H,16,18). The van der Waals surface area contributed by atoms with Crippen LogP contribution in [0, 0.1) is 0 Å². The van der Waals surface area contributed by atoms with Crippen molar-refractivity contribution in [3.63, 3.8) is 0 Å². The summed E-state index contributed by atoms with van der Waals surface area (Å²) >= 11 is 1.26. The highest BCUT2D eigenvalue weighted by molar-refractivity contribution is 7.14. The van der Waals surface area contributed by atoms with Crippen LogP contribution in [0.1, 0.15) is 21.0 Å². The number of rotatable bonds is 5. The van der Waals surface area contributed by atoms with E-state index in [-0.39, 0.29) is 5.91 Å². The van der Waals surface area contributed by atoms with Gasteiger partial charge in [0.05, 0.1) is 4.88 Å². The number of hydrogen-bond acceptors (Lipinski definition) is 4. The van der Waals surface area contributed by atoms with Crippen molar-refractivity contribution < 1.29 is 14.8 Å². The molecule has 2 amide bonds. The van der Waals surface area contributed by atoms with Crippen molar-refractivity contribution in [1.29, 1.82) is 0 Å². The molecule has 0 bridgehead atoms. The fourth-order valence-corrected chi connectivity index (χ4v) is 2.57. The summed E-state index contributed by atoms with van der Waals surface area (Å²) in [6.45, 7) is 0. The zero-order valence-electron chi connectivity index (χ0n) is 10.6. The molecule has 0 spiro atoms. The quantitative estimate of drug-likeness (QED) is 0.584. The maximum Gasteiger partial charge on any atom is 0.284 e. The number of nitrogens with one attached hydrogen (secondary N) is 2. The van der Waals surface area contributed by atoms with Crippen LogP contribution in [0.15, 0.2) is 42.5 Å². The van der Waals surface area contributed by atoms with Crippen LogP contribution in [0.25, 0.3) is 0 Å². The minimum absolute atomic E-state index is 0.0715. The Morgan fingerprint density at radius 2 is 1.85 bits per heavy atom. The van der Waals surface area contributed by atoms with Crippen LogP contribution in [-0.2, 0) is 11.2 Å². The highest BCUT2D eigenvalue weighted by atomic mass is 32.1. The van der Waals surface area contributed by atoms with E-state index in [1.807, 2.05) is 30.3 Å². The minimum Gasteiger partial charge on any atom is -0.326 e. The van der Waals surface area contributed by atoms with Gasteiger partial charge in [-0.25, -0.2) is 5.48 Å². The maximum absolute atomic E-state index is 11.8. The number of para-hydroxylation sites is 1. The number of anilines is 1. The average Bonchev–Trinajstić information content (AvgIpc) is 2.94. The molecule has 2 aromatic rings. The first kappa shape index (κ1) is 14.2. The van der Waals surface area contributed by atoms with Gasteiger partial charge in [-0.15, -0.1) is 11.3 Å². The Labute approximate surface area is 120 Å². The second-order valence-corrected chi connectivity index (χ2v) is 5.29. The predicted molar refractivity (Wildman–Crippen MR) is 77.0 cm³/mol. The number of benzene rings is 1. The molecule has 1 heterocycles. The zero-order chi connectivity index (χ0) is 14.4. The topological polar surface area (TPSA) is 78.4 Å². The monoisotopic (exact) mass is 290 g/mol. The molecule has 3 N–H and O–H groups in total. The van der Waals surface area contributed by atoms with Crippen LogP contribution in [0.4, 0.5) is 5.69 Å². The third-order valence-corrected chi connectivity index (χ3v) is 3.79. The molecule has 20 heavy (non-hydrogen) atoms. The molecule has 0 aliphatic carbocycles. The molecule has 0 unspecified atom stereocenters. The van der Waals surface area contributed by atoms with Gasteiger partial charge in [0, 0.05) is 17.0 Å². The molecule has 6 heteroatoms. The molecule has 104 valence electrons. The van der Waals surface area contributed by atoms with E-state index in [0.29, 0.717) is 17.7 Å². The number of hydroxylamine groups is 1. The van der Waals surface area contributed by atoms with Crippen molar-refractivity contribution in [2.75, 3.05) is 5.32 Å². The molecule has 0 saturated carbocycles. The smallest absolute Gasteiger partial charge is 0.284 e. The Morgan fingerprint density at radius 1 is 1.10 bits per heavy atom. The van der Waals surface area contributed by atoms with Gasteiger partial charge in [-0.1, -0.05) is 18.2 Å². The summed E-state index contributed by atoms with van der Waals surface area (Å²) in [5.41, 5.74) is 2.35. The van der Waals surface area contributed by atoms with Gasteiger partial charge in [0.2, 0.25) is 5.91 Å². The first-order chi connectivity index (χ1) is 9.69. The van der Waals surface area contributed by atoms with Crippen molar-refractivity contribution in [3.8, 4) is 0 Å². The van der Waals surface area contributed by atoms with E-state index in [4.69, 9.17) is 5.21 Å². The fourth-order valence-electron chi connectivity index (χ4n) is 1.67. The number of carbonyl (C=O) groups excluding carboxylic acids is 2. The van der Waals surface area contributed by atoms with Crippen molar-refractivity contribution in [2.45, 2.75) is 12.8 Å². The molecule has 0 radical (unpaired) electrons. The largest absolute Gasteiger partial charge is 0.326 e. The molecule has 0 saturated heterocycles. The lowest BCUT2D eigenvalue weighted by Crippen LogP contribution is -2.16. The molecule has 0 aliphatic rings. The number of thiophene rings is 1. The average molecular weight is 290 g/mol. The number of amides is 2. The second kappa shape index (κ2) is 6.83. The molecule has 1 aromatic heterocycles. The van der Waals surface area contributed by atoms with Gasteiger partial charge in [0.1, 0.15) is 0 Å². The van der Waals surface area contributed by atoms with Gasteiger partial charge in [0.15, 0.2) is 0 Å².